The van der Waals surface area contributed by atoms with E-state index >= 15 is 0 Å². The van der Waals surface area contributed by atoms with Crippen molar-refractivity contribution in [2.75, 3.05) is 26.8 Å². The predicted molar refractivity (Wildman–Crippen MR) is 61.5 cm³/mol. The van der Waals surface area contributed by atoms with Crippen LogP contribution in [0, 0.1) is 0 Å². The molecule has 0 bridgehead atoms. The normalized spacial score (nSPS) is 12.4. The summed E-state index contributed by atoms with van der Waals surface area (Å²) in [6.07, 6.45) is 2.45. The SMILES string of the molecule is COCC(O)CNC(=O)c1cn(CCN)cn1. The number of methoxy groups -OCH3 is 1. The summed E-state index contributed by atoms with van der Waals surface area (Å²) in [6, 6.07) is 0. The number of carbonyl (C=O) groups excluding carboxylic acids is 1. The van der Waals surface area contributed by atoms with Crippen molar-refractivity contribution in [3.63, 3.8) is 0 Å². The molecule has 17 heavy (non-hydrogen) atoms. The Morgan fingerprint density at radius 1 is 1.76 bits per heavy atom. The first-order valence-electron chi connectivity index (χ1n) is 5.34. The van der Waals surface area contributed by atoms with E-state index in [-0.39, 0.29) is 19.1 Å². The number of carbonyl (C=O) groups is 1. The minimum absolute atomic E-state index is 0.135. The first-order valence-corrected chi connectivity index (χ1v) is 5.34. The molecule has 1 unspecified atom stereocenters. The quantitative estimate of drug-likeness (QED) is 0.544. The lowest BCUT2D eigenvalue weighted by atomic mass is 10.3. The minimum Gasteiger partial charge on any atom is -0.389 e. The van der Waals surface area contributed by atoms with Crippen LogP contribution in [0.1, 0.15) is 10.5 Å². The second kappa shape index (κ2) is 7.00. The van der Waals surface area contributed by atoms with Gasteiger partial charge < -0.3 is 25.5 Å². The molecular weight excluding hydrogens is 224 g/mol. The van der Waals surface area contributed by atoms with Gasteiger partial charge in [-0.25, -0.2) is 4.98 Å². The molecule has 0 fully saturated rings. The van der Waals surface area contributed by atoms with E-state index in [1.807, 2.05) is 0 Å². The molecule has 1 aromatic heterocycles. The number of nitrogens with one attached hydrogen (secondary N) is 1. The van der Waals surface area contributed by atoms with E-state index in [1.54, 1.807) is 17.1 Å². The maximum Gasteiger partial charge on any atom is 0.271 e. The standard InChI is InChI=1S/C10H18N4O3/c1-17-6-8(15)4-12-10(16)9-5-14(3-2-11)7-13-9/h5,7-8,15H,2-4,6,11H2,1H3,(H,12,16). The third-order valence-corrected chi connectivity index (χ3v) is 2.11. The van der Waals surface area contributed by atoms with Gasteiger partial charge in [0.1, 0.15) is 5.69 Å². The number of imidazole rings is 1. The van der Waals surface area contributed by atoms with E-state index in [1.165, 1.54) is 7.11 Å². The summed E-state index contributed by atoms with van der Waals surface area (Å²) >= 11 is 0. The van der Waals surface area contributed by atoms with Gasteiger partial charge in [0, 0.05) is 32.9 Å². The van der Waals surface area contributed by atoms with E-state index in [2.05, 4.69) is 10.3 Å². The average Bonchev–Trinajstić information content (AvgIpc) is 2.75. The molecule has 0 aromatic carbocycles. The number of hydrogen-bond acceptors (Lipinski definition) is 5. The van der Waals surface area contributed by atoms with Gasteiger partial charge in [-0.15, -0.1) is 0 Å². The number of aromatic nitrogens is 2. The molecular formula is C10H18N4O3. The molecule has 1 aromatic rings. The number of aliphatic hydroxyl groups excluding tert-OH is 1. The molecule has 0 saturated heterocycles. The van der Waals surface area contributed by atoms with Gasteiger partial charge in [0.05, 0.1) is 19.0 Å². The molecule has 1 atom stereocenters. The highest BCUT2D eigenvalue weighted by Gasteiger charge is 2.11. The highest BCUT2D eigenvalue weighted by atomic mass is 16.5. The second-order valence-electron chi connectivity index (χ2n) is 3.60. The lowest BCUT2D eigenvalue weighted by Gasteiger charge is -2.09. The number of nitrogens with zero attached hydrogens (tertiary/aromatic N) is 2. The van der Waals surface area contributed by atoms with Gasteiger partial charge in [-0.3, -0.25) is 4.79 Å². The first kappa shape index (κ1) is 13.6. The fourth-order valence-corrected chi connectivity index (χ4v) is 1.30. The number of ether oxygens (including phenoxy) is 1. The van der Waals surface area contributed by atoms with Gasteiger partial charge in [0.15, 0.2) is 0 Å². The van der Waals surface area contributed by atoms with E-state index in [0.717, 1.165) is 0 Å². The first-order chi connectivity index (χ1) is 8.17. The molecule has 1 rings (SSSR count). The maximum atomic E-state index is 11.6. The van der Waals surface area contributed by atoms with Crippen molar-refractivity contribution in [1.29, 1.82) is 0 Å². The molecule has 0 aliphatic carbocycles. The fraction of sp³-hybridized carbons (Fsp3) is 0.600. The lowest BCUT2D eigenvalue weighted by molar-refractivity contribution is 0.0608. The Hall–Kier alpha value is -1.44. The van der Waals surface area contributed by atoms with Crippen LogP contribution in [0.3, 0.4) is 0 Å². The number of amides is 1. The number of rotatable bonds is 7. The zero-order valence-corrected chi connectivity index (χ0v) is 9.80. The maximum absolute atomic E-state index is 11.6. The van der Waals surface area contributed by atoms with Gasteiger partial charge >= 0.3 is 0 Å². The van der Waals surface area contributed by atoms with Crippen molar-refractivity contribution in [2.45, 2.75) is 12.6 Å². The van der Waals surface area contributed by atoms with Crippen molar-refractivity contribution < 1.29 is 14.6 Å². The van der Waals surface area contributed by atoms with Crippen LogP contribution in [0.25, 0.3) is 0 Å². The Balaban J connectivity index is 2.40. The van der Waals surface area contributed by atoms with Crippen molar-refractivity contribution in [1.82, 2.24) is 14.9 Å². The molecule has 4 N–H and O–H groups in total. The van der Waals surface area contributed by atoms with Gasteiger partial charge in [-0.2, -0.15) is 0 Å². The summed E-state index contributed by atoms with van der Waals surface area (Å²) in [7, 11) is 1.49. The summed E-state index contributed by atoms with van der Waals surface area (Å²) in [5, 5.41) is 11.9. The Morgan fingerprint density at radius 2 is 2.53 bits per heavy atom. The average molecular weight is 242 g/mol. The number of hydrogen-bond donors (Lipinski definition) is 3. The Kier molecular flexibility index (Phi) is 5.61. The third-order valence-electron chi connectivity index (χ3n) is 2.11. The molecule has 1 amide bonds. The topological polar surface area (TPSA) is 102 Å². The van der Waals surface area contributed by atoms with Crippen LogP contribution in [0.15, 0.2) is 12.5 Å². The third kappa shape index (κ3) is 4.51. The van der Waals surface area contributed by atoms with Crippen molar-refractivity contribution in [3.8, 4) is 0 Å². The van der Waals surface area contributed by atoms with E-state index in [9.17, 15) is 9.90 Å². The minimum atomic E-state index is -0.713. The smallest absolute Gasteiger partial charge is 0.271 e. The summed E-state index contributed by atoms with van der Waals surface area (Å²) < 4.78 is 6.48. The Labute approximate surface area is 99.6 Å². The molecule has 96 valence electrons. The highest BCUT2D eigenvalue weighted by Crippen LogP contribution is 1.96. The fourth-order valence-electron chi connectivity index (χ4n) is 1.30. The number of aliphatic hydroxyl groups is 1. The van der Waals surface area contributed by atoms with Crippen LogP contribution in [-0.4, -0.2) is 53.5 Å². The van der Waals surface area contributed by atoms with E-state index in [0.29, 0.717) is 18.8 Å². The molecule has 1 heterocycles. The second-order valence-corrected chi connectivity index (χ2v) is 3.60. The zero-order valence-electron chi connectivity index (χ0n) is 9.80. The Bertz CT molecular complexity index is 353. The van der Waals surface area contributed by atoms with Crippen LogP contribution in [0.2, 0.25) is 0 Å². The van der Waals surface area contributed by atoms with Crippen molar-refractivity contribution in [2.24, 2.45) is 5.73 Å². The van der Waals surface area contributed by atoms with Crippen LogP contribution < -0.4 is 11.1 Å². The summed E-state index contributed by atoms with van der Waals surface area (Å²) in [5.41, 5.74) is 5.69. The van der Waals surface area contributed by atoms with Crippen LogP contribution >= 0.6 is 0 Å². The van der Waals surface area contributed by atoms with E-state index < -0.39 is 6.10 Å². The highest BCUT2D eigenvalue weighted by molar-refractivity contribution is 5.92. The predicted octanol–water partition coefficient (Wildman–Crippen LogP) is -1.42. The Morgan fingerprint density at radius 3 is 3.18 bits per heavy atom. The zero-order chi connectivity index (χ0) is 12.7. The largest absolute Gasteiger partial charge is 0.389 e. The van der Waals surface area contributed by atoms with Gasteiger partial charge in [-0.1, -0.05) is 0 Å². The molecule has 0 radical (unpaired) electrons. The molecule has 0 spiro atoms. The van der Waals surface area contributed by atoms with Gasteiger partial charge in [0.25, 0.3) is 5.91 Å². The van der Waals surface area contributed by atoms with Crippen LogP contribution in [-0.2, 0) is 11.3 Å². The van der Waals surface area contributed by atoms with Gasteiger partial charge in [0.2, 0.25) is 0 Å². The molecule has 7 nitrogen and oxygen atoms in total. The van der Waals surface area contributed by atoms with Crippen LogP contribution in [0.4, 0.5) is 0 Å². The van der Waals surface area contributed by atoms with Gasteiger partial charge in [-0.05, 0) is 0 Å². The molecule has 0 aliphatic rings. The lowest BCUT2D eigenvalue weighted by Crippen LogP contribution is -2.34. The van der Waals surface area contributed by atoms with E-state index in [4.69, 9.17) is 10.5 Å². The van der Waals surface area contributed by atoms with Crippen molar-refractivity contribution >= 4 is 5.91 Å². The number of nitrogens with two attached hydrogens (primary N) is 1. The molecule has 0 aliphatic heterocycles. The van der Waals surface area contributed by atoms with Crippen molar-refractivity contribution in [3.05, 3.63) is 18.2 Å². The summed E-state index contributed by atoms with van der Waals surface area (Å²) in [4.78, 5) is 15.5. The summed E-state index contributed by atoms with van der Waals surface area (Å²) in [6.45, 7) is 1.43. The molecule has 7 heteroatoms. The monoisotopic (exact) mass is 242 g/mol. The van der Waals surface area contributed by atoms with Crippen LogP contribution in [0.5, 0.6) is 0 Å². The summed E-state index contributed by atoms with van der Waals surface area (Å²) in [5.74, 6) is -0.323. The molecule has 0 saturated carbocycles.